The van der Waals surface area contributed by atoms with Crippen molar-refractivity contribution in [2.75, 3.05) is 0 Å². The van der Waals surface area contributed by atoms with E-state index < -0.39 is 0 Å². The molecular formula is C50H32N4. The summed E-state index contributed by atoms with van der Waals surface area (Å²) in [7, 11) is 0. The predicted molar refractivity (Wildman–Crippen MR) is 220 cm³/mol. The maximum Gasteiger partial charge on any atom is 0.164 e. The topological polar surface area (TPSA) is 62.5 Å². The van der Waals surface area contributed by atoms with Crippen molar-refractivity contribution < 1.29 is 0 Å². The maximum absolute atomic E-state index is 9.26. The Balaban J connectivity index is 1.22. The first-order valence-electron chi connectivity index (χ1n) is 17.9. The summed E-state index contributed by atoms with van der Waals surface area (Å²) in [5, 5.41) is 11.6. The monoisotopic (exact) mass is 688 g/mol. The Bertz CT molecular complexity index is 2780. The van der Waals surface area contributed by atoms with Gasteiger partial charge in [0.05, 0.1) is 11.6 Å². The van der Waals surface area contributed by atoms with E-state index in [4.69, 9.17) is 15.0 Å². The van der Waals surface area contributed by atoms with Crippen molar-refractivity contribution in [3.63, 3.8) is 0 Å². The maximum atomic E-state index is 9.26. The van der Waals surface area contributed by atoms with Crippen LogP contribution in [0.25, 0.3) is 89.4 Å². The van der Waals surface area contributed by atoms with Gasteiger partial charge in [-0.15, -0.1) is 0 Å². The molecule has 54 heavy (non-hydrogen) atoms. The third-order valence-electron chi connectivity index (χ3n) is 9.82. The van der Waals surface area contributed by atoms with Crippen LogP contribution in [0.4, 0.5) is 0 Å². The molecular weight excluding hydrogens is 657 g/mol. The number of nitrogens with zero attached hydrogens (tertiary/aromatic N) is 4. The highest BCUT2D eigenvalue weighted by Gasteiger charge is 2.18. The molecule has 9 aromatic rings. The highest BCUT2D eigenvalue weighted by Crippen LogP contribution is 2.38. The van der Waals surface area contributed by atoms with Crippen LogP contribution < -0.4 is 0 Å². The lowest BCUT2D eigenvalue weighted by atomic mass is 9.92. The molecule has 1 aromatic heterocycles. The molecule has 0 radical (unpaired) electrons. The summed E-state index contributed by atoms with van der Waals surface area (Å²) in [6.07, 6.45) is 0. The van der Waals surface area contributed by atoms with E-state index in [1.165, 1.54) is 10.8 Å². The minimum Gasteiger partial charge on any atom is -0.208 e. The van der Waals surface area contributed by atoms with Crippen LogP contribution >= 0.6 is 0 Å². The number of nitriles is 1. The van der Waals surface area contributed by atoms with Crippen LogP contribution in [0.5, 0.6) is 0 Å². The third kappa shape index (κ3) is 6.43. The molecule has 0 saturated carbocycles. The zero-order chi connectivity index (χ0) is 36.3. The first-order chi connectivity index (χ1) is 26.7. The summed E-state index contributed by atoms with van der Waals surface area (Å²) < 4.78 is 0. The molecule has 0 saturated heterocycles. The van der Waals surface area contributed by atoms with Gasteiger partial charge in [-0.1, -0.05) is 176 Å². The average Bonchev–Trinajstić information content (AvgIpc) is 3.26. The Morgan fingerprint density at radius 1 is 0.315 bits per heavy atom. The second-order valence-electron chi connectivity index (χ2n) is 13.2. The summed E-state index contributed by atoms with van der Waals surface area (Å²) in [4.78, 5) is 15.5. The van der Waals surface area contributed by atoms with Crippen LogP contribution in [0, 0.1) is 11.3 Å². The third-order valence-corrected chi connectivity index (χ3v) is 9.82. The number of rotatable bonds is 7. The van der Waals surface area contributed by atoms with Gasteiger partial charge in [-0.2, -0.15) is 5.26 Å². The van der Waals surface area contributed by atoms with E-state index in [0.29, 0.717) is 23.0 Å². The van der Waals surface area contributed by atoms with E-state index in [-0.39, 0.29) is 0 Å². The normalized spacial score (nSPS) is 10.9. The van der Waals surface area contributed by atoms with Gasteiger partial charge in [-0.25, -0.2) is 15.0 Å². The Labute approximate surface area is 314 Å². The van der Waals surface area contributed by atoms with Gasteiger partial charge in [0.2, 0.25) is 0 Å². The summed E-state index contributed by atoms with van der Waals surface area (Å²) in [5.41, 5.74) is 12.1. The molecule has 0 spiro atoms. The standard InChI is InChI=1S/C50H32N4/c51-33-34-18-20-36(21-19-34)38-24-28-42(29-25-38)49-52-48(41-26-22-37(23-27-41)35-10-3-1-4-11-35)53-50(54-49)47-32-43(30-31-46(47)39-12-5-2-6-13-39)45-17-9-15-40-14-7-8-16-44(40)45/h1-32H. The molecule has 4 heteroatoms. The molecule has 252 valence electrons. The quantitative estimate of drug-likeness (QED) is 0.167. The van der Waals surface area contributed by atoms with E-state index in [0.717, 1.165) is 61.2 Å². The summed E-state index contributed by atoms with van der Waals surface area (Å²) >= 11 is 0. The van der Waals surface area contributed by atoms with Crippen LogP contribution in [0.2, 0.25) is 0 Å². The Morgan fingerprint density at radius 2 is 0.778 bits per heavy atom. The van der Waals surface area contributed by atoms with Gasteiger partial charge in [0.25, 0.3) is 0 Å². The van der Waals surface area contributed by atoms with Crippen molar-refractivity contribution in [1.29, 1.82) is 5.26 Å². The van der Waals surface area contributed by atoms with Gasteiger partial charge in [0, 0.05) is 16.7 Å². The fraction of sp³-hybridized carbons (Fsp3) is 0. The second kappa shape index (κ2) is 14.3. The SMILES string of the molecule is N#Cc1ccc(-c2ccc(-c3nc(-c4ccc(-c5ccccc5)cc4)nc(-c4cc(-c5cccc6ccccc56)ccc4-c4ccccc4)n3)cc2)cc1. The molecule has 0 aliphatic rings. The van der Waals surface area contributed by atoms with Crippen molar-refractivity contribution in [3.8, 4) is 84.7 Å². The highest BCUT2D eigenvalue weighted by atomic mass is 15.0. The van der Waals surface area contributed by atoms with E-state index >= 15 is 0 Å². The van der Waals surface area contributed by atoms with E-state index in [2.05, 4.69) is 164 Å². The highest BCUT2D eigenvalue weighted by molar-refractivity contribution is 5.98. The average molecular weight is 689 g/mol. The zero-order valence-electron chi connectivity index (χ0n) is 29.3. The van der Waals surface area contributed by atoms with Crippen molar-refractivity contribution >= 4 is 10.8 Å². The van der Waals surface area contributed by atoms with Crippen LogP contribution in [-0.2, 0) is 0 Å². The van der Waals surface area contributed by atoms with Gasteiger partial charge >= 0.3 is 0 Å². The Hall–Kier alpha value is -7.48. The molecule has 0 N–H and O–H groups in total. The summed E-state index contributed by atoms with van der Waals surface area (Å²) in [6, 6.07) is 68.8. The molecule has 8 aromatic carbocycles. The van der Waals surface area contributed by atoms with E-state index in [9.17, 15) is 5.26 Å². The smallest absolute Gasteiger partial charge is 0.164 e. The molecule has 4 nitrogen and oxygen atoms in total. The van der Waals surface area contributed by atoms with Crippen LogP contribution in [0.15, 0.2) is 194 Å². The summed E-state index contributed by atoms with van der Waals surface area (Å²) in [6.45, 7) is 0. The minimum atomic E-state index is 0.586. The zero-order valence-corrected chi connectivity index (χ0v) is 29.3. The second-order valence-corrected chi connectivity index (χ2v) is 13.2. The van der Waals surface area contributed by atoms with Crippen LogP contribution in [0.3, 0.4) is 0 Å². The fourth-order valence-corrected chi connectivity index (χ4v) is 6.99. The molecule has 0 bridgehead atoms. The fourth-order valence-electron chi connectivity index (χ4n) is 6.99. The van der Waals surface area contributed by atoms with Crippen molar-refractivity contribution in [3.05, 3.63) is 200 Å². The molecule has 0 amide bonds. The van der Waals surface area contributed by atoms with Gasteiger partial charge in [-0.3, -0.25) is 0 Å². The number of fused-ring (bicyclic) bond motifs is 1. The van der Waals surface area contributed by atoms with E-state index in [1.54, 1.807) is 0 Å². The lowest BCUT2D eigenvalue weighted by Gasteiger charge is -2.15. The lowest BCUT2D eigenvalue weighted by Crippen LogP contribution is -2.01. The number of hydrogen-bond acceptors (Lipinski definition) is 4. The molecule has 0 aliphatic heterocycles. The Morgan fingerprint density at radius 3 is 1.39 bits per heavy atom. The lowest BCUT2D eigenvalue weighted by molar-refractivity contribution is 1.07. The largest absolute Gasteiger partial charge is 0.208 e. The molecule has 1 heterocycles. The minimum absolute atomic E-state index is 0.586. The molecule has 0 unspecified atom stereocenters. The number of aromatic nitrogens is 3. The van der Waals surface area contributed by atoms with Crippen molar-refractivity contribution in [1.82, 2.24) is 15.0 Å². The summed E-state index contributed by atoms with van der Waals surface area (Å²) in [5.74, 6) is 1.78. The molecule has 0 fully saturated rings. The van der Waals surface area contributed by atoms with Gasteiger partial charge in [-0.05, 0) is 73.5 Å². The van der Waals surface area contributed by atoms with Gasteiger partial charge < -0.3 is 0 Å². The van der Waals surface area contributed by atoms with Crippen molar-refractivity contribution in [2.24, 2.45) is 0 Å². The predicted octanol–water partition coefficient (Wildman–Crippen LogP) is 12.6. The van der Waals surface area contributed by atoms with Crippen LogP contribution in [0.1, 0.15) is 5.56 Å². The number of hydrogen-bond donors (Lipinski definition) is 0. The number of benzene rings is 8. The molecule has 9 rings (SSSR count). The van der Waals surface area contributed by atoms with Gasteiger partial charge in [0.15, 0.2) is 17.5 Å². The first kappa shape index (κ1) is 32.4. The Kier molecular flexibility index (Phi) is 8.57. The first-order valence-corrected chi connectivity index (χ1v) is 17.9. The molecule has 0 aliphatic carbocycles. The van der Waals surface area contributed by atoms with E-state index in [1.807, 2.05) is 36.4 Å². The van der Waals surface area contributed by atoms with Crippen molar-refractivity contribution in [2.45, 2.75) is 0 Å². The molecule has 0 atom stereocenters. The van der Waals surface area contributed by atoms with Crippen LogP contribution in [-0.4, -0.2) is 15.0 Å². The van der Waals surface area contributed by atoms with Gasteiger partial charge in [0.1, 0.15) is 0 Å².